The Bertz CT molecular complexity index is 1450. The molecule has 2 aromatic carbocycles. The van der Waals surface area contributed by atoms with E-state index in [1.807, 2.05) is 6.07 Å². The number of amides is 1. The van der Waals surface area contributed by atoms with Crippen LogP contribution in [0.25, 0.3) is 21.9 Å². The molecule has 5 rings (SSSR count). The highest BCUT2D eigenvalue weighted by Crippen LogP contribution is 2.35. The number of ether oxygens (including phenoxy) is 1. The maximum Gasteiger partial charge on any atom is 0.416 e. The molecule has 1 aliphatic carbocycles. The lowest BCUT2D eigenvalue weighted by Gasteiger charge is -2.26. The Morgan fingerprint density at radius 2 is 1.85 bits per heavy atom. The van der Waals surface area contributed by atoms with Gasteiger partial charge in [0.2, 0.25) is 0 Å². The van der Waals surface area contributed by atoms with E-state index in [9.17, 15) is 18.0 Å². The number of halogens is 4. The highest BCUT2D eigenvalue weighted by molar-refractivity contribution is 6.31. The molecule has 1 N–H and O–H groups in total. The number of nitrogens with one attached hydrogen (secondary N) is 1. The van der Waals surface area contributed by atoms with Gasteiger partial charge in [-0.3, -0.25) is 9.59 Å². The summed E-state index contributed by atoms with van der Waals surface area (Å²) in [4.78, 5) is 22.1. The minimum Gasteiger partial charge on any atom is -0.471 e. The molecule has 2 aromatic heterocycles. The van der Waals surface area contributed by atoms with Gasteiger partial charge in [0.25, 0.3) is 12.4 Å². The van der Waals surface area contributed by atoms with E-state index in [0.717, 1.165) is 43.2 Å². The Morgan fingerprint density at radius 3 is 2.51 bits per heavy atom. The minimum absolute atomic E-state index is 0.0168. The second kappa shape index (κ2) is 12.2. The SMILES string of the molecule is CC1CCC(CNC(=O)c2cc(C(F)(F)F)cc3ccn(Cc4cc5cc(Cl)ccc5o4)c23)CC1.COC=O. The number of carbonyl (C=O) groups is 2. The van der Waals surface area contributed by atoms with Gasteiger partial charge in [0.1, 0.15) is 11.3 Å². The van der Waals surface area contributed by atoms with Crippen molar-refractivity contribution in [2.75, 3.05) is 13.7 Å². The number of benzene rings is 2. The number of nitrogens with zero attached hydrogens (tertiary/aromatic N) is 1. The Morgan fingerprint density at radius 1 is 1.13 bits per heavy atom. The number of carbonyl (C=O) groups excluding carboxylic acids is 2. The number of aromatic nitrogens is 1. The van der Waals surface area contributed by atoms with Crippen molar-refractivity contribution in [2.24, 2.45) is 11.8 Å². The molecule has 0 spiro atoms. The molecule has 0 aliphatic heterocycles. The molecule has 39 heavy (non-hydrogen) atoms. The average Bonchev–Trinajstić information content (AvgIpc) is 3.50. The van der Waals surface area contributed by atoms with E-state index in [1.54, 1.807) is 35.0 Å². The maximum atomic E-state index is 13.6. The van der Waals surface area contributed by atoms with Crippen molar-refractivity contribution in [2.45, 2.75) is 45.3 Å². The number of methoxy groups -OCH3 is 1. The van der Waals surface area contributed by atoms with Gasteiger partial charge in [-0.1, -0.05) is 31.4 Å². The van der Waals surface area contributed by atoms with E-state index in [-0.39, 0.29) is 12.1 Å². The van der Waals surface area contributed by atoms with Crippen LogP contribution in [-0.2, 0) is 22.3 Å². The van der Waals surface area contributed by atoms with Crippen LogP contribution in [0.5, 0.6) is 0 Å². The average molecular weight is 563 g/mol. The second-order valence-electron chi connectivity index (χ2n) is 9.97. The first kappa shape index (κ1) is 28.5. The van der Waals surface area contributed by atoms with Crippen LogP contribution in [0, 0.1) is 11.8 Å². The molecule has 0 radical (unpaired) electrons. The summed E-state index contributed by atoms with van der Waals surface area (Å²) >= 11 is 6.07. The molecule has 1 fully saturated rings. The van der Waals surface area contributed by atoms with E-state index in [1.165, 1.54) is 7.11 Å². The van der Waals surface area contributed by atoms with Crippen LogP contribution in [-0.4, -0.2) is 30.6 Å². The van der Waals surface area contributed by atoms with Crippen molar-refractivity contribution in [1.82, 2.24) is 9.88 Å². The van der Waals surface area contributed by atoms with Crippen molar-refractivity contribution >= 4 is 45.9 Å². The zero-order valence-corrected chi connectivity index (χ0v) is 22.4. The summed E-state index contributed by atoms with van der Waals surface area (Å²) in [5.74, 6) is 1.16. The first-order valence-electron chi connectivity index (χ1n) is 12.7. The van der Waals surface area contributed by atoms with Gasteiger partial charge >= 0.3 is 6.18 Å². The first-order valence-corrected chi connectivity index (χ1v) is 13.1. The Kier molecular flexibility index (Phi) is 8.90. The molecule has 2 heterocycles. The third kappa shape index (κ3) is 6.95. The third-order valence-electron chi connectivity index (χ3n) is 7.07. The molecule has 0 atom stereocenters. The monoisotopic (exact) mass is 562 g/mol. The number of alkyl halides is 3. The van der Waals surface area contributed by atoms with Crippen molar-refractivity contribution in [3.05, 3.63) is 70.6 Å². The summed E-state index contributed by atoms with van der Waals surface area (Å²) in [6.07, 6.45) is 1.39. The van der Waals surface area contributed by atoms with Gasteiger partial charge in [-0.05, 0) is 67.1 Å². The number of hydrogen-bond donors (Lipinski definition) is 1. The molecular weight excluding hydrogens is 533 g/mol. The highest BCUT2D eigenvalue weighted by atomic mass is 35.5. The molecule has 1 saturated carbocycles. The van der Waals surface area contributed by atoms with E-state index in [0.29, 0.717) is 52.1 Å². The van der Waals surface area contributed by atoms with Crippen LogP contribution in [0.2, 0.25) is 5.02 Å². The fraction of sp³-hybridized carbons (Fsp3) is 0.379. The van der Waals surface area contributed by atoms with Crippen LogP contribution in [0.1, 0.15) is 54.3 Å². The summed E-state index contributed by atoms with van der Waals surface area (Å²) in [5, 5.41) is 4.68. The Labute approximate surface area is 229 Å². The van der Waals surface area contributed by atoms with Gasteiger partial charge in [-0.25, -0.2) is 0 Å². The topological polar surface area (TPSA) is 73.5 Å². The number of hydrogen-bond acceptors (Lipinski definition) is 4. The molecule has 0 unspecified atom stereocenters. The lowest BCUT2D eigenvalue weighted by atomic mass is 9.83. The summed E-state index contributed by atoms with van der Waals surface area (Å²) in [5.41, 5.74) is 0.298. The van der Waals surface area contributed by atoms with E-state index in [2.05, 4.69) is 17.0 Å². The largest absolute Gasteiger partial charge is 0.471 e. The van der Waals surface area contributed by atoms with Gasteiger partial charge < -0.3 is 19.0 Å². The number of furan rings is 1. The lowest BCUT2D eigenvalue weighted by Crippen LogP contribution is -2.31. The van der Waals surface area contributed by atoms with Gasteiger partial charge in [-0.2, -0.15) is 13.2 Å². The van der Waals surface area contributed by atoms with Crippen molar-refractivity contribution in [3.63, 3.8) is 0 Å². The quantitative estimate of drug-likeness (QED) is 0.248. The third-order valence-corrected chi connectivity index (χ3v) is 7.31. The van der Waals surface area contributed by atoms with Gasteiger partial charge in [-0.15, -0.1) is 0 Å². The normalized spacial score (nSPS) is 17.5. The summed E-state index contributed by atoms with van der Waals surface area (Å²) in [6, 6.07) is 10.8. The molecule has 0 bridgehead atoms. The summed E-state index contributed by atoms with van der Waals surface area (Å²) in [7, 11) is 1.31. The Hall–Kier alpha value is -3.46. The van der Waals surface area contributed by atoms with Crippen LogP contribution in [0.3, 0.4) is 0 Å². The fourth-order valence-electron chi connectivity index (χ4n) is 5.00. The smallest absolute Gasteiger partial charge is 0.416 e. The number of rotatable bonds is 6. The van der Waals surface area contributed by atoms with Crippen molar-refractivity contribution in [1.29, 1.82) is 0 Å². The molecule has 10 heteroatoms. The molecule has 1 amide bonds. The number of fused-ring (bicyclic) bond motifs is 2. The van der Waals surface area contributed by atoms with Crippen molar-refractivity contribution < 1.29 is 31.9 Å². The molecule has 4 aromatic rings. The summed E-state index contributed by atoms with van der Waals surface area (Å²) < 4.78 is 52.4. The second-order valence-corrected chi connectivity index (χ2v) is 10.4. The van der Waals surface area contributed by atoms with E-state index < -0.39 is 17.6 Å². The van der Waals surface area contributed by atoms with Crippen LogP contribution in [0.15, 0.2) is 53.1 Å². The maximum absolute atomic E-state index is 13.6. The van der Waals surface area contributed by atoms with Crippen LogP contribution < -0.4 is 5.32 Å². The van der Waals surface area contributed by atoms with Crippen LogP contribution >= 0.6 is 11.6 Å². The first-order chi connectivity index (χ1) is 18.6. The molecule has 6 nitrogen and oxygen atoms in total. The predicted molar refractivity (Wildman–Crippen MR) is 144 cm³/mol. The Balaban J connectivity index is 0.000000826. The standard InChI is InChI=1S/C27H26ClF3N2O2.C2H4O2/c1-16-2-4-17(5-3-16)14-32-26(34)23-13-20(27(29,30)31)10-18-8-9-33(25(18)23)15-22-12-19-11-21(28)6-7-24(19)35-22;1-4-2-3/h6-13,16-17H,2-5,14-15H2,1H3,(H,32,34);2H,1H3. The van der Waals surface area contributed by atoms with E-state index >= 15 is 0 Å². The molecule has 0 saturated heterocycles. The molecular formula is C29H30ClF3N2O4. The minimum atomic E-state index is -4.55. The van der Waals surface area contributed by atoms with Gasteiger partial charge in [0, 0.05) is 28.5 Å². The fourth-order valence-corrected chi connectivity index (χ4v) is 5.18. The zero-order chi connectivity index (χ0) is 28.2. The summed E-state index contributed by atoms with van der Waals surface area (Å²) in [6.45, 7) is 3.33. The van der Waals surface area contributed by atoms with Crippen LogP contribution in [0.4, 0.5) is 13.2 Å². The van der Waals surface area contributed by atoms with Gasteiger partial charge in [0.05, 0.1) is 30.3 Å². The zero-order valence-electron chi connectivity index (χ0n) is 21.7. The van der Waals surface area contributed by atoms with Crippen molar-refractivity contribution in [3.8, 4) is 0 Å². The van der Waals surface area contributed by atoms with Gasteiger partial charge in [0.15, 0.2) is 0 Å². The molecule has 208 valence electrons. The lowest BCUT2D eigenvalue weighted by molar-refractivity contribution is -0.137. The predicted octanol–water partition coefficient (Wildman–Crippen LogP) is 7.45. The highest BCUT2D eigenvalue weighted by Gasteiger charge is 2.33. The van der Waals surface area contributed by atoms with E-state index in [4.69, 9.17) is 20.8 Å². The molecule has 1 aliphatic rings.